The van der Waals surface area contributed by atoms with Crippen molar-refractivity contribution in [1.29, 1.82) is 0 Å². The smallest absolute Gasteiger partial charge is 0.353 e. The number of carboxylic acid groups (broad SMARTS) is 1. The molecule has 6 rings (SSSR count). The summed E-state index contributed by atoms with van der Waals surface area (Å²) >= 11 is 0. The molecule has 2 aromatic rings. The summed E-state index contributed by atoms with van der Waals surface area (Å²) in [4.78, 5) is 52.0. The molecule has 0 saturated carbocycles. The number of aromatic hydroxyl groups is 1. The summed E-state index contributed by atoms with van der Waals surface area (Å²) in [6.07, 6.45) is -7.08. The van der Waals surface area contributed by atoms with Crippen molar-refractivity contribution in [2.45, 2.75) is 73.8 Å². The van der Waals surface area contributed by atoms with Gasteiger partial charge in [-0.25, -0.2) is 19.2 Å². The molecule has 14 heteroatoms. The van der Waals surface area contributed by atoms with Gasteiger partial charge in [-0.1, -0.05) is 36.4 Å². The summed E-state index contributed by atoms with van der Waals surface area (Å²) in [7, 11) is 1.91. The van der Waals surface area contributed by atoms with Crippen molar-refractivity contribution in [2.75, 3.05) is 13.6 Å². The highest BCUT2D eigenvalue weighted by Gasteiger charge is 2.72. The zero-order valence-electron chi connectivity index (χ0n) is 24.9. The van der Waals surface area contributed by atoms with Crippen LogP contribution in [0.25, 0.3) is 0 Å². The summed E-state index contributed by atoms with van der Waals surface area (Å²) in [6, 6.07) is 10.4. The van der Waals surface area contributed by atoms with Crippen molar-refractivity contribution in [3.8, 4) is 11.5 Å². The van der Waals surface area contributed by atoms with Gasteiger partial charge in [0.05, 0.1) is 11.0 Å². The molecule has 0 unspecified atom stereocenters. The number of esters is 3. The standard InChI is InChI=1S/C32H33NO13/c1-15(27(37)38)43-30(41)24(16-6-4-3-5-7-16)46-29(40)23(36)22(35)28(39)44-19-10-11-32(42)20-14-17-8-9-18(34)25-21(17)31(32,26(19)45-25)12-13-33(20)2/h3-10,15,20,22-24,26,34-36,42H,11-14H2,1-2H3,(H,37,38)/t15-,20+,22+,23+,24-,26-,31-,32+/m0/s1. The third kappa shape index (κ3) is 4.71. The Kier molecular flexibility index (Phi) is 7.79. The molecule has 1 spiro atoms. The molecule has 2 aromatic carbocycles. The molecule has 0 radical (unpaired) electrons. The van der Waals surface area contributed by atoms with Crippen molar-refractivity contribution in [2.24, 2.45) is 0 Å². The molecular formula is C32H33NO13. The second-order valence-corrected chi connectivity index (χ2v) is 12.1. The van der Waals surface area contributed by atoms with Gasteiger partial charge in [0.25, 0.3) is 0 Å². The number of hydrogen-bond donors (Lipinski definition) is 5. The lowest BCUT2D eigenvalue weighted by Gasteiger charge is -2.61. The van der Waals surface area contributed by atoms with Crippen LogP contribution in [0.5, 0.6) is 11.5 Å². The molecule has 2 aliphatic heterocycles. The number of benzene rings is 2. The van der Waals surface area contributed by atoms with E-state index in [2.05, 4.69) is 4.90 Å². The van der Waals surface area contributed by atoms with Crippen LogP contribution in [0.3, 0.4) is 0 Å². The Morgan fingerprint density at radius 3 is 2.39 bits per heavy atom. The number of aliphatic hydroxyl groups is 3. The number of ether oxygens (including phenoxy) is 4. The Labute approximate surface area is 262 Å². The summed E-state index contributed by atoms with van der Waals surface area (Å²) in [5.41, 5.74) is -0.827. The fourth-order valence-electron chi connectivity index (χ4n) is 7.22. The van der Waals surface area contributed by atoms with Crippen LogP contribution in [-0.4, -0.2) is 104 Å². The maximum absolute atomic E-state index is 13.1. The van der Waals surface area contributed by atoms with Gasteiger partial charge in [-0.2, -0.15) is 0 Å². The van der Waals surface area contributed by atoms with E-state index >= 15 is 0 Å². The number of aliphatic carboxylic acids is 1. The SMILES string of the molecule is C[C@H](OC(=O)[C@@H](OC(=O)[C@H](O)[C@@H](O)C(=O)OC1=CC[C@@]2(O)[C@H]3Cc4ccc(O)c5c4[C@@]2(CCN3C)[C@H]1O5)c1ccccc1)C(=O)O. The number of phenolic OH excluding ortho intramolecular Hbond substituents is 1. The van der Waals surface area contributed by atoms with Crippen LogP contribution < -0.4 is 4.74 Å². The highest BCUT2D eigenvalue weighted by Crippen LogP contribution is 2.65. The van der Waals surface area contributed by atoms with Crippen molar-refractivity contribution < 1.29 is 63.7 Å². The minimum atomic E-state index is -2.53. The number of piperidine rings is 1. The second kappa shape index (κ2) is 11.4. The monoisotopic (exact) mass is 639 g/mol. The molecule has 14 nitrogen and oxygen atoms in total. The average Bonchev–Trinajstić information content (AvgIpc) is 3.40. The fraction of sp³-hybridized carbons (Fsp3) is 0.438. The molecule has 8 atom stereocenters. The van der Waals surface area contributed by atoms with Gasteiger partial charge in [0.1, 0.15) is 5.76 Å². The lowest BCUT2D eigenvalue weighted by molar-refractivity contribution is -0.186. The molecule has 5 N–H and O–H groups in total. The topological polar surface area (TPSA) is 210 Å². The number of rotatable bonds is 9. The van der Waals surface area contributed by atoms with E-state index in [0.717, 1.165) is 12.5 Å². The van der Waals surface area contributed by atoms with Gasteiger partial charge in [0.2, 0.25) is 6.10 Å². The molecule has 244 valence electrons. The van der Waals surface area contributed by atoms with Crippen molar-refractivity contribution in [3.63, 3.8) is 0 Å². The second-order valence-electron chi connectivity index (χ2n) is 12.1. The first-order chi connectivity index (χ1) is 21.8. The first-order valence-corrected chi connectivity index (χ1v) is 14.7. The summed E-state index contributed by atoms with van der Waals surface area (Å²) < 4.78 is 21.7. The third-order valence-corrected chi connectivity index (χ3v) is 9.55. The molecule has 4 aliphatic rings. The van der Waals surface area contributed by atoms with Gasteiger partial charge in [-0.15, -0.1) is 0 Å². The van der Waals surface area contributed by atoms with Crippen LogP contribution in [-0.2, 0) is 45.2 Å². The number of phenols is 1. The zero-order valence-corrected chi connectivity index (χ0v) is 24.9. The number of aliphatic hydroxyl groups excluding tert-OH is 2. The minimum absolute atomic E-state index is 0.0509. The summed E-state index contributed by atoms with van der Waals surface area (Å²) in [6.45, 7) is 1.67. The number of carbonyl (C=O) groups excluding carboxylic acids is 3. The van der Waals surface area contributed by atoms with Gasteiger partial charge >= 0.3 is 23.9 Å². The van der Waals surface area contributed by atoms with Crippen molar-refractivity contribution >= 4 is 23.9 Å². The van der Waals surface area contributed by atoms with Crippen molar-refractivity contribution in [3.05, 3.63) is 71.0 Å². The van der Waals surface area contributed by atoms with Gasteiger partial charge in [-0.05, 0) is 51.1 Å². The Hall–Kier alpha value is -4.50. The third-order valence-electron chi connectivity index (χ3n) is 9.55. The van der Waals surface area contributed by atoms with Gasteiger partial charge in [0, 0.05) is 23.6 Å². The van der Waals surface area contributed by atoms with Crippen LogP contribution in [0.4, 0.5) is 0 Å². The highest BCUT2D eigenvalue weighted by atomic mass is 16.6. The first-order valence-electron chi connectivity index (χ1n) is 14.7. The number of carboxylic acids is 1. The molecule has 2 bridgehead atoms. The Balaban J connectivity index is 1.21. The number of nitrogens with zero attached hydrogens (tertiary/aromatic N) is 1. The van der Waals surface area contributed by atoms with Crippen LogP contribution in [0.15, 0.2) is 54.3 Å². The van der Waals surface area contributed by atoms with E-state index in [1.807, 2.05) is 7.05 Å². The van der Waals surface area contributed by atoms with E-state index in [4.69, 9.17) is 24.1 Å². The predicted molar refractivity (Wildman–Crippen MR) is 153 cm³/mol. The Morgan fingerprint density at radius 2 is 1.70 bits per heavy atom. The fourth-order valence-corrected chi connectivity index (χ4v) is 7.22. The minimum Gasteiger partial charge on any atom is -0.504 e. The molecule has 46 heavy (non-hydrogen) atoms. The van der Waals surface area contributed by atoms with E-state index in [9.17, 15) is 39.6 Å². The summed E-state index contributed by atoms with van der Waals surface area (Å²) in [5, 5.41) is 53.2. The predicted octanol–water partition coefficient (Wildman–Crippen LogP) is 0.236. The van der Waals surface area contributed by atoms with Gasteiger partial charge < -0.3 is 49.4 Å². The van der Waals surface area contributed by atoms with E-state index < -0.39 is 65.4 Å². The summed E-state index contributed by atoms with van der Waals surface area (Å²) in [5.74, 6) is -5.79. The largest absolute Gasteiger partial charge is 0.504 e. The average molecular weight is 640 g/mol. The molecule has 1 fully saturated rings. The van der Waals surface area contributed by atoms with Gasteiger partial charge in [-0.3, -0.25) is 0 Å². The van der Waals surface area contributed by atoms with Crippen LogP contribution in [0.2, 0.25) is 0 Å². The molecule has 2 heterocycles. The molecule has 1 saturated heterocycles. The van der Waals surface area contributed by atoms with E-state index in [0.29, 0.717) is 24.9 Å². The molecule has 0 amide bonds. The number of likely N-dealkylation sites (tertiary alicyclic amines) is 1. The highest BCUT2D eigenvalue weighted by molar-refractivity contribution is 5.88. The number of likely N-dealkylation sites (N-methyl/N-ethyl adjacent to an activating group) is 1. The van der Waals surface area contributed by atoms with E-state index in [1.54, 1.807) is 12.1 Å². The Bertz CT molecular complexity index is 1630. The normalized spacial score (nSPS) is 28.3. The zero-order chi connectivity index (χ0) is 33.1. The van der Waals surface area contributed by atoms with E-state index in [-0.39, 0.29) is 35.3 Å². The van der Waals surface area contributed by atoms with E-state index in [1.165, 1.54) is 36.4 Å². The van der Waals surface area contributed by atoms with Crippen LogP contribution >= 0.6 is 0 Å². The first kappa shape index (κ1) is 31.5. The quantitative estimate of drug-likeness (QED) is 0.184. The Morgan fingerprint density at radius 1 is 1.00 bits per heavy atom. The lowest BCUT2D eigenvalue weighted by Crippen LogP contribution is -2.74. The molecule has 2 aliphatic carbocycles. The maximum Gasteiger partial charge on any atom is 0.353 e. The van der Waals surface area contributed by atoms with Crippen LogP contribution in [0, 0.1) is 0 Å². The number of carbonyl (C=O) groups is 4. The molecule has 0 aromatic heterocycles. The van der Waals surface area contributed by atoms with Crippen molar-refractivity contribution in [1.82, 2.24) is 4.90 Å². The molecular weight excluding hydrogens is 606 g/mol. The lowest BCUT2D eigenvalue weighted by atomic mass is 9.50. The van der Waals surface area contributed by atoms with Crippen LogP contribution in [0.1, 0.15) is 42.6 Å². The number of hydrogen-bond acceptors (Lipinski definition) is 13. The maximum atomic E-state index is 13.1. The van der Waals surface area contributed by atoms with Gasteiger partial charge in [0.15, 0.2) is 35.9 Å².